The van der Waals surface area contributed by atoms with Gasteiger partial charge in [-0.1, -0.05) is 13.8 Å². The topological polar surface area (TPSA) is 69.6 Å². The molecule has 1 aliphatic carbocycles. The molecule has 2 atom stereocenters. The summed E-state index contributed by atoms with van der Waals surface area (Å²) in [6, 6.07) is 0. The first-order chi connectivity index (χ1) is 10.1. The normalized spacial score (nSPS) is 25.1. The van der Waals surface area contributed by atoms with Gasteiger partial charge in [-0.2, -0.15) is 0 Å². The molecule has 1 amide bonds. The van der Waals surface area contributed by atoms with E-state index in [1.165, 1.54) is 0 Å². The first kappa shape index (κ1) is 14.3. The van der Waals surface area contributed by atoms with E-state index in [1.807, 2.05) is 11.8 Å². The quantitative estimate of drug-likeness (QED) is 0.882. The minimum absolute atomic E-state index is 0.214. The van der Waals surface area contributed by atoms with Crippen LogP contribution in [0.3, 0.4) is 0 Å². The Labute approximate surface area is 124 Å². The zero-order valence-electron chi connectivity index (χ0n) is 12.6. The Bertz CT molecular complexity index is 540. The van der Waals surface area contributed by atoms with Gasteiger partial charge in [0.2, 0.25) is 5.91 Å². The van der Waals surface area contributed by atoms with Crippen LogP contribution >= 0.6 is 0 Å². The monoisotopic (exact) mass is 290 g/mol. The summed E-state index contributed by atoms with van der Waals surface area (Å²) in [6.45, 7) is 7.06. The Hall–Kier alpha value is -1.69. The summed E-state index contributed by atoms with van der Waals surface area (Å²) in [7, 11) is 0. The van der Waals surface area contributed by atoms with Gasteiger partial charge in [-0.05, 0) is 12.3 Å². The smallest absolute Gasteiger partial charge is 0.222 e. The van der Waals surface area contributed by atoms with Crippen molar-refractivity contribution in [3.05, 3.63) is 17.6 Å². The molecule has 114 valence electrons. The maximum atomic E-state index is 11.7. The molecule has 2 aliphatic rings. The van der Waals surface area contributed by atoms with Crippen molar-refractivity contribution in [2.24, 2.45) is 0 Å². The van der Waals surface area contributed by atoms with Gasteiger partial charge in [-0.15, -0.1) is 0 Å². The van der Waals surface area contributed by atoms with Crippen LogP contribution in [0.25, 0.3) is 0 Å². The second-order valence-corrected chi connectivity index (χ2v) is 5.87. The van der Waals surface area contributed by atoms with Gasteiger partial charge in [0.05, 0.1) is 11.8 Å². The summed E-state index contributed by atoms with van der Waals surface area (Å²) in [5, 5.41) is 10.1. The van der Waals surface area contributed by atoms with Crippen LogP contribution in [-0.2, 0) is 4.79 Å². The lowest BCUT2D eigenvalue weighted by Crippen LogP contribution is -2.49. The van der Waals surface area contributed by atoms with Crippen LogP contribution in [0.15, 0.2) is 6.33 Å². The average Bonchev–Trinajstić information content (AvgIpc) is 2.82. The lowest BCUT2D eigenvalue weighted by atomic mass is 10.1. The van der Waals surface area contributed by atoms with Crippen molar-refractivity contribution in [2.75, 3.05) is 31.1 Å². The molecule has 0 unspecified atom stereocenters. The van der Waals surface area contributed by atoms with Crippen LogP contribution in [0.4, 0.5) is 5.82 Å². The van der Waals surface area contributed by atoms with Crippen molar-refractivity contribution in [3.63, 3.8) is 0 Å². The third-order valence-corrected chi connectivity index (χ3v) is 4.51. The highest BCUT2D eigenvalue weighted by Gasteiger charge is 2.33. The Morgan fingerprint density at radius 1 is 1.33 bits per heavy atom. The molecular formula is C15H22N4O2. The Balaban J connectivity index is 1.79. The molecule has 1 aromatic rings. The number of hydrogen-bond acceptors (Lipinski definition) is 5. The number of carbonyl (C=O) groups is 1. The summed E-state index contributed by atoms with van der Waals surface area (Å²) >= 11 is 0. The predicted molar refractivity (Wildman–Crippen MR) is 79.1 cm³/mol. The Morgan fingerprint density at radius 2 is 2.05 bits per heavy atom. The van der Waals surface area contributed by atoms with E-state index in [-0.39, 0.29) is 11.8 Å². The van der Waals surface area contributed by atoms with Crippen LogP contribution in [-0.4, -0.2) is 52.1 Å². The van der Waals surface area contributed by atoms with Gasteiger partial charge >= 0.3 is 0 Å². The van der Waals surface area contributed by atoms with E-state index in [4.69, 9.17) is 0 Å². The highest BCUT2D eigenvalue weighted by atomic mass is 16.3. The molecule has 0 saturated carbocycles. The maximum absolute atomic E-state index is 11.7. The fourth-order valence-corrected chi connectivity index (χ4v) is 3.35. The van der Waals surface area contributed by atoms with Crippen LogP contribution in [0, 0.1) is 0 Å². The first-order valence-electron chi connectivity index (χ1n) is 7.67. The molecule has 6 nitrogen and oxygen atoms in total. The summed E-state index contributed by atoms with van der Waals surface area (Å²) in [5.41, 5.74) is 1.86. The van der Waals surface area contributed by atoms with Gasteiger partial charge in [0.25, 0.3) is 0 Å². The molecule has 0 bridgehead atoms. The van der Waals surface area contributed by atoms with Crippen molar-refractivity contribution >= 4 is 11.7 Å². The zero-order chi connectivity index (χ0) is 15.0. The highest BCUT2D eigenvalue weighted by molar-refractivity contribution is 5.76. The zero-order valence-corrected chi connectivity index (χ0v) is 12.6. The molecule has 1 saturated heterocycles. The number of hydrogen-bond donors (Lipinski definition) is 1. The van der Waals surface area contributed by atoms with Gasteiger partial charge in [-0.25, -0.2) is 9.97 Å². The van der Waals surface area contributed by atoms with E-state index in [1.54, 1.807) is 6.33 Å². The number of aromatic nitrogens is 2. The molecule has 3 rings (SSSR count). The summed E-state index contributed by atoms with van der Waals surface area (Å²) in [4.78, 5) is 24.6. The van der Waals surface area contributed by atoms with Gasteiger partial charge < -0.3 is 14.9 Å². The molecule has 0 radical (unpaired) electrons. The fourth-order valence-electron chi connectivity index (χ4n) is 3.35. The number of piperazine rings is 1. The predicted octanol–water partition coefficient (Wildman–Crippen LogP) is 1.08. The van der Waals surface area contributed by atoms with E-state index in [2.05, 4.69) is 21.8 Å². The van der Waals surface area contributed by atoms with Gasteiger partial charge in [0.1, 0.15) is 12.1 Å². The van der Waals surface area contributed by atoms with Crippen LogP contribution in [0.2, 0.25) is 0 Å². The van der Waals surface area contributed by atoms with Gasteiger partial charge in [-0.3, -0.25) is 4.79 Å². The average molecular weight is 290 g/mol. The summed E-state index contributed by atoms with van der Waals surface area (Å²) < 4.78 is 0. The van der Waals surface area contributed by atoms with Crippen molar-refractivity contribution in [2.45, 2.75) is 38.7 Å². The number of carbonyl (C=O) groups excluding carboxylic acids is 1. The van der Waals surface area contributed by atoms with Crippen molar-refractivity contribution in [1.82, 2.24) is 14.9 Å². The number of rotatable bonds is 2. The Kier molecular flexibility index (Phi) is 3.80. The molecule has 1 aliphatic heterocycles. The molecule has 21 heavy (non-hydrogen) atoms. The number of aliphatic hydroxyl groups excluding tert-OH is 1. The lowest BCUT2D eigenvalue weighted by molar-refractivity contribution is -0.131. The second kappa shape index (κ2) is 5.60. The van der Waals surface area contributed by atoms with Gasteiger partial charge in [0, 0.05) is 38.2 Å². The third kappa shape index (κ3) is 2.48. The van der Waals surface area contributed by atoms with Crippen molar-refractivity contribution < 1.29 is 9.90 Å². The third-order valence-electron chi connectivity index (χ3n) is 4.51. The number of aliphatic hydroxyl groups is 1. The standard InChI is InChI=1S/C15H22N4O2/c1-3-12(21)18-4-6-19(7-5-18)15-13-10(2)8-11(20)14(13)16-9-17-15/h9-11,20H,3-8H2,1-2H3/t10-,11+/m1/s1. The maximum Gasteiger partial charge on any atom is 0.222 e. The summed E-state index contributed by atoms with van der Waals surface area (Å²) in [5.74, 6) is 1.43. The molecular weight excluding hydrogens is 268 g/mol. The molecule has 1 fully saturated rings. The highest BCUT2D eigenvalue weighted by Crippen LogP contribution is 2.42. The molecule has 0 aromatic carbocycles. The Morgan fingerprint density at radius 3 is 2.71 bits per heavy atom. The van der Waals surface area contributed by atoms with Crippen LogP contribution in [0.1, 0.15) is 50.0 Å². The molecule has 1 N–H and O–H groups in total. The van der Waals surface area contributed by atoms with Crippen LogP contribution in [0.5, 0.6) is 0 Å². The van der Waals surface area contributed by atoms with E-state index in [9.17, 15) is 9.90 Å². The minimum atomic E-state index is -0.472. The number of fused-ring (bicyclic) bond motifs is 1. The molecule has 2 heterocycles. The minimum Gasteiger partial charge on any atom is -0.387 e. The summed E-state index contributed by atoms with van der Waals surface area (Å²) in [6.07, 6.45) is 2.35. The SMILES string of the molecule is CCC(=O)N1CCN(c2ncnc3c2[C@H](C)C[C@@H]3O)CC1. The van der Waals surface area contributed by atoms with E-state index in [0.29, 0.717) is 6.42 Å². The molecule has 6 heteroatoms. The van der Waals surface area contributed by atoms with Gasteiger partial charge in [0.15, 0.2) is 0 Å². The largest absolute Gasteiger partial charge is 0.387 e. The van der Waals surface area contributed by atoms with Crippen molar-refractivity contribution in [1.29, 1.82) is 0 Å². The second-order valence-electron chi connectivity index (χ2n) is 5.87. The van der Waals surface area contributed by atoms with E-state index in [0.717, 1.165) is 49.7 Å². The lowest BCUT2D eigenvalue weighted by Gasteiger charge is -2.36. The number of anilines is 1. The van der Waals surface area contributed by atoms with E-state index >= 15 is 0 Å². The number of nitrogens with zero attached hydrogens (tertiary/aromatic N) is 4. The van der Waals surface area contributed by atoms with E-state index < -0.39 is 6.10 Å². The van der Waals surface area contributed by atoms with Crippen molar-refractivity contribution in [3.8, 4) is 0 Å². The number of amides is 1. The molecule has 0 spiro atoms. The molecule has 1 aromatic heterocycles. The fraction of sp³-hybridized carbons (Fsp3) is 0.667. The first-order valence-corrected chi connectivity index (χ1v) is 7.67. The van der Waals surface area contributed by atoms with Crippen LogP contribution < -0.4 is 4.90 Å².